The number of carbonyl (C=O) groups is 1. The van der Waals surface area contributed by atoms with Gasteiger partial charge in [0, 0.05) is 41.8 Å². The topological polar surface area (TPSA) is 94.4 Å². The van der Waals surface area contributed by atoms with Crippen molar-refractivity contribution in [2.45, 2.75) is 19.8 Å². The predicted octanol–water partition coefficient (Wildman–Crippen LogP) is 5.64. The Labute approximate surface area is 203 Å². The van der Waals surface area contributed by atoms with Gasteiger partial charge in [0.1, 0.15) is 6.61 Å². The van der Waals surface area contributed by atoms with E-state index in [1.54, 1.807) is 30.6 Å². The third-order valence-corrected chi connectivity index (χ3v) is 5.79. The lowest BCUT2D eigenvalue weighted by atomic mass is 9.78. The van der Waals surface area contributed by atoms with Gasteiger partial charge >= 0.3 is 5.97 Å². The molecule has 0 spiro atoms. The lowest BCUT2D eigenvalue weighted by molar-refractivity contribution is -0.384. The number of aromatic nitrogens is 1. The molecule has 0 saturated heterocycles. The third-order valence-electron chi connectivity index (χ3n) is 5.79. The minimum Gasteiger partial charge on any atom is -0.458 e. The van der Waals surface area contributed by atoms with Gasteiger partial charge in [0.2, 0.25) is 0 Å². The zero-order chi connectivity index (χ0) is 24.8. The van der Waals surface area contributed by atoms with Crippen LogP contribution in [0.15, 0.2) is 102 Å². The number of pyridine rings is 1. The fourth-order valence-electron chi connectivity index (χ4n) is 4.27. The van der Waals surface area contributed by atoms with Gasteiger partial charge in [-0.2, -0.15) is 0 Å². The van der Waals surface area contributed by atoms with Crippen molar-refractivity contribution in [2.24, 2.45) is 0 Å². The molecule has 2 aromatic carbocycles. The molecule has 0 radical (unpaired) electrons. The number of nitro groups is 1. The maximum absolute atomic E-state index is 13.4. The molecular weight excluding hydrogens is 442 g/mol. The Hall–Kier alpha value is -4.52. The van der Waals surface area contributed by atoms with Gasteiger partial charge in [0.05, 0.1) is 10.5 Å². The Morgan fingerprint density at radius 3 is 2.60 bits per heavy atom. The molecule has 176 valence electrons. The number of hydrogen-bond donors (Lipinski definition) is 1. The van der Waals surface area contributed by atoms with E-state index in [0.717, 1.165) is 22.4 Å². The summed E-state index contributed by atoms with van der Waals surface area (Å²) in [6, 6.07) is 19.8. The van der Waals surface area contributed by atoms with E-state index in [0.29, 0.717) is 16.8 Å². The van der Waals surface area contributed by atoms with Crippen molar-refractivity contribution in [2.75, 3.05) is 6.61 Å². The summed E-state index contributed by atoms with van der Waals surface area (Å²) in [4.78, 5) is 28.7. The smallest absolute Gasteiger partial charge is 0.337 e. The molecular formula is C28H25N3O4. The van der Waals surface area contributed by atoms with Gasteiger partial charge in [-0.05, 0) is 48.3 Å². The summed E-state index contributed by atoms with van der Waals surface area (Å²) in [7, 11) is 0. The van der Waals surface area contributed by atoms with Crippen molar-refractivity contribution < 1.29 is 14.5 Å². The van der Waals surface area contributed by atoms with E-state index in [1.807, 2.05) is 62.4 Å². The number of esters is 1. The van der Waals surface area contributed by atoms with E-state index in [-0.39, 0.29) is 12.3 Å². The number of benzene rings is 2. The highest BCUT2D eigenvalue weighted by Crippen LogP contribution is 2.44. The van der Waals surface area contributed by atoms with Crippen molar-refractivity contribution in [1.29, 1.82) is 0 Å². The van der Waals surface area contributed by atoms with Crippen LogP contribution in [0.1, 0.15) is 36.5 Å². The Morgan fingerprint density at radius 2 is 1.89 bits per heavy atom. The van der Waals surface area contributed by atoms with Crippen molar-refractivity contribution in [1.82, 2.24) is 10.3 Å². The number of ether oxygens (including phenoxy) is 1. The molecule has 1 unspecified atom stereocenters. The van der Waals surface area contributed by atoms with Gasteiger partial charge in [-0.25, -0.2) is 4.79 Å². The number of non-ortho nitro benzene ring substituents is 1. The van der Waals surface area contributed by atoms with Gasteiger partial charge < -0.3 is 10.1 Å². The first kappa shape index (κ1) is 23.6. The van der Waals surface area contributed by atoms with E-state index in [4.69, 9.17) is 4.74 Å². The fraction of sp³-hybridized carbons (Fsp3) is 0.143. The highest BCUT2D eigenvalue weighted by Gasteiger charge is 2.35. The molecule has 3 aromatic rings. The number of nitro benzene ring substituents is 1. The number of nitrogens with zero attached hydrogens (tertiary/aromatic N) is 2. The first-order valence-corrected chi connectivity index (χ1v) is 11.2. The summed E-state index contributed by atoms with van der Waals surface area (Å²) >= 11 is 0. The zero-order valence-electron chi connectivity index (χ0n) is 19.5. The molecule has 7 nitrogen and oxygen atoms in total. The summed E-state index contributed by atoms with van der Waals surface area (Å²) in [5, 5.41) is 14.8. The van der Waals surface area contributed by atoms with Crippen LogP contribution in [0.4, 0.5) is 5.69 Å². The molecule has 0 aliphatic carbocycles. The van der Waals surface area contributed by atoms with Crippen molar-refractivity contribution in [3.8, 4) is 0 Å². The average Bonchev–Trinajstić information content (AvgIpc) is 2.87. The van der Waals surface area contributed by atoms with Crippen molar-refractivity contribution in [3.05, 3.63) is 129 Å². The van der Waals surface area contributed by atoms with E-state index < -0.39 is 16.8 Å². The summed E-state index contributed by atoms with van der Waals surface area (Å²) < 4.78 is 5.63. The first-order chi connectivity index (χ1) is 17.0. The molecule has 0 fully saturated rings. The Kier molecular flexibility index (Phi) is 7.16. The van der Waals surface area contributed by atoms with Gasteiger partial charge in [-0.15, -0.1) is 0 Å². The highest BCUT2D eigenvalue weighted by atomic mass is 16.6. The molecule has 1 aliphatic heterocycles. The van der Waals surface area contributed by atoms with Crippen LogP contribution in [0.2, 0.25) is 0 Å². The molecule has 7 heteroatoms. The van der Waals surface area contributed by atoms with E-state index in [9.17, 15) is 14.9 Å². The van der Waals surface area contributed by atoms with Crippen molar-refractivity contribution >= 4 is 23.3 Å². The number of allylic oxidation sites excluding steroid dienone is 3. The lowest BCUT2D eigenvalue weighted by Gasteiger charge is -2.31. The van der Waals surface area contributed by atoms with Crippen LogP contribution in [0.5, 0.6) is 0 Å². The predicted molar refractivity (Wildman–Crippen MR) is 135 cm³/mol. The molecule has 2 heterocycles. The quantitative estimate of drug-likeness (QED) is 0.275. The van der Waals surface area contributed by atoms with Crippen LogP contribution in [0, 0.1) is 10.1 Å². The Bertz CT molecular complexity index is 1330. The molecule has 0 bridgehead atoms. The number of hydrogen-bond acceptors (Lipinski definition) is 6. The number of nitrogens with one attached hydrogen (secondary N) is 1. The summed E-state index contributed by atoms with van der Waals surface area (Å²) in [5.41, 5.74) is 5.11. The monoisotopic (exact) mass is 467 g/mol. The molecule has 35 heavy (non-hydrogen) atoms. The summed E-state index contributed by atoms with van der Waals surface area (Å²) in [6.45, 7) is 3.82. The Morgan fingerprint density at radius 1 is 1.09 bits per heavy atom. The van der Waals surface area contributed by atoms with Crippen LogP contribution >= 0.6 is 0 Å². The molecule has 1 atom stereocenters. The van der Waals surface area contributed by atoms with Crippen LogP contribution in [0.3, 0.4) is 0 Å². The average molecular weight is 468 g/mol. The van der Waals surface area contributed by atoms with E-state index in [1.165, 1.54) is 12.1 Å². The second kappa shape index (κ2) is 10.6. The fourth-order valence-corrected chi connectivity index (χ4v) is 4.27. The molecule has 0 amide bonds. The number of carbonyl (C=O) groups excluding carboxylic acids is 1. The molecule has 0 saturated carbocycles. The minimum absolute atomic E-state index is 0.0413. The molecule has 4 rings (SSSR count). The summed E-state index contributed by atoms with van der Waals surface area (Å²) in [5.74, 6) is -1.05. The summed E-state index contributed by atoms with van der Waals surface area (Å²) in [6.07, 6.45) is 7.06. The molecule has 1 N–H and O–H groups in total. The third kappa shape index (κ3) is 5.35. The highest BCUT2D eigenvalue weighted by molar-refractivity contribution is 5.97. The number of dihydropyridines is 1. The number of rotatable bonds is 7. The van der Waals surface area contributed by atoms with Gasteiger partial charge in [-0.3, -0.25) is 15.1 Å². The van der Waals surface area contributed by atoms with E-state index >= 15 is 0 Å². The maximum Gasteiger partial charge on any atom is 0.337 e. The van der Waals surface area contributed by atoms with Gasteiger partial charge in [0.15, 0.2) is 0 Å². The van der Waals surface area contributed by atoms with Crippen LogP contribution in [-0.2, 0) is 9.53 Å². The van der Waals surface area contributed by atoms with Gasteiger partial charge in [-0.1, -0.05) is 54.6 Å². The van der Waals surface area contributed by atoms with Crippen LogP contribution in [-0.4, -0.2) is 22.5 Å². The standard InChI is InChI=1S/C28H25N3O4/c1-19-25(23-13-7-15-29-18-23)27(22-12-6-14-24(17-22)31(33)34)26(20(2)30-19)28(32)35-16-8-11-21-9-4-3-5-10-21/h3-15,17-18,27,30H,16H2,1-2H3/b11-8+. The van der Waals surface area contributed by atoms with Gasteiger partial charge in [0.25, 0.3) is 5.69 Å². The zero-order valence-corrected chi connectivity index (χ0v) is 19.5. The molecule has 1 aliphatic rings. The van der Waals surface area contributed by atoms with E-state index in [2.05, 4.69) is 10.3 Å². The maximum atomic E-state index is 13.4. The second-order valence-corrected chi connectivity index (χ2v) is 8.14. The van der Waals surface area contributed by atoms with Crippen LogP contribution in [0.25, 0.3) is 11.6 Å². The second-order valence-electron chi connectivity index (χ2n) is 8.14. The van der Waals surface area contributed by atoms with Crippen LogP contribution < -0.4 is 5.32 Å². The van der Waals surface area contributed by atoms with Crippen molar-refractivity contribution in [3.63, 3.8) is 0 Å². The molecule has 1 aromatic heterocycles. The lowest BCUT2D eigenvalue weighted by Crippen LogP contribution is -2.28. The largest absolute Gasteiger partial charge is 0.458 e. The Balaban J connectivity index is 1.70. The SMILES string of the molecule is CC1=C(C(=O)OC/C=C/c2ccccc2)C(c2cccc([N+](=O)[O-])c2)C(c2cccnc2)=C(C)N1. The minimum atomic E-state index is -0.564. The normalized spacial score (nSPS) is 15.8. The first-order valence-electron chi connectivity index (χ1n) is 11.2.